The van der Waals surface area contributed by atoms with Gasteiger partial charge in [-0.25, -0.2) is 19.2 Å². The second-order valence-electron chi connectivity index (χ2n) is 6.85. The van der Waals surface area contributed by atoms with Crippen molar-refractivity contribution < 1.29 is 38.1 Å². The van der Waals surface area contributed by atoms with Crippen molar-refractivity contribution in [2.75, 3.05) is 18.5 Å². The Morgan fingerprint density at radius 3 is 2.30 bits per heavy atom. The summed E-state index contributed by atoms with van der Waals surface area (Å²) in [4.78, 5) is 49.3. The highest BCUT2D eigenvalue weighted by molar-refractivity contribution is 7.18. The number of esters is 4. The number of nitrogens with one attached hydrogen (secondary N) is 1. The van der Waals surface area contributed by atoms with Crippen molar-refractivity contribution in [1.82, 2.24) is 0 Å². The molecular weight excluding hydrogens is 414 g/mol. The Morgan fingerprint density at radius 2 is 1.73 bits per heavy atom. The molecule has 10 heteroatoms. The number of carbonyl (C=O) groups is 4. The van der Waals surface area contributed by atoms with Gasteiger partial charge in [-0.1, -0.05) is 13.3 Å². The molecule has 1 aromatic rings. The third-order valence-corrected chi connectivity index (χ3v) is 5.21. The first-order valence-electron chi connectivity index (χ1n) is 9.52. The van der Waals surface area contributed by atoms with E-state index in [-0.39, 0.29) is 34.2 Å². The second kappa shape index (κ2) is 9.75. The van der Waals surface area contributed by atoms with Crippen LogP contribution in [0.4, 0.5) is 5.00 Å². The Hall–Kier alpha value is -2.88. The maximum Gasteiger partial charge on any atom is 0.350 e. The minimum atomic E-state index is -1.36. The molecule has 1 aliphatic rings. The first kappa shape index (κ1) is 23.4. The smallest absolute Gasteiger partial charge is 0.350 e. The molecule has 2 heterocycles. The highest BCUT2D eigenvalue weighted by atomic mass is 32.1. The molecule has 0 aliphatic carbocycles. The van der Waals surface area contributed by atoms with Crippen LogP contribution in [-0.4, -0.2) is 42.9 Å². The van der Waals surface area contributed by atoms with Gasteiger partial charge in [0, 0.05) is 20.0 Å². The summed E-state index contributed by atoms with van der Waals surface area (Å²) >= 11 is 0.957. The van der Waals surface area contributed by atoms with Crippen LogP contribution in [0.3, 0.4) is 0 Å². The van der Waals surface area contributed by atoms with Crippen molar-refractivity contribution in [3.05, 3.63) is 27.8 Å². The number of rotatable bonds is 8. The van der Waals surface area contributed by atoms with Crippen LogP contribution in [0.25, 0.3) is 0 Å². The highest BCUT2D eigenvalue weighted by Crippen LogP contribution is 2.35. The zero-order valence-electron chi connectivity index (χ0n) is 17.6. The third-order valence-electron chi connectivity index (χ3n) is 4.01. The summed E-state index contributed by atoms with van der Waals surface area (Å²) in [6, 6.07) is 0. The molecule has 0 spiro atoms. The SMILES string of the molecule is CCCCOC(=O)c1c(NC=C2C(=O)OC(C)(C)OC2=O)sc(C(=O)OCC)c1C. The van der Waals surface area contributed by atoms with Crippen LogP contribution in [0.2, 0.25) is 0 Å². The van der Waals surface area contributed by atoms with E-state index in [1.807, 2.05) is 6.92 Å². The van der Waals surface area contributed by atoms with Crippen molar-refractivity contribution in [2.45, 2.75) is 53.2 Å². The van der Waals surface area contributed by atoms with Crippen LogP contribution < -0.4 is 5.32 Å². The van der Waals surface area contributed by atoms with E-state index < -0.39 is 29.7 Å². The first-order chi connectivity index (χ1) is 14.1. The molecular formula is C20H25NO8S. The Kier molecular flexibility index (Phi) is 7.60. The fourth-order valence-corrected chi connectivity index (χ4v) is 3.61. The quantitative estimate of drug-likeness (QED) is 0.214. The largest absolute Gasteiger partial charge is 0.462 e. The van der Waals surface area contributed by atoms with Gasteiger partial charge in [0.15, 0.2) is 5.57 Å². The zero-order chi connectivity index (χ0) is 22.5. The fraction of sp³-hybridized carbons (Fsp3) is 0.500. The molecule has 0 unspecified atom stereocenters. The van der Waals surface area contributed by atoms with Crippen molar-refractivity contribution in [3.8, 4) is 0 Å². The average Bonchev–Trinajstić information content (AvgIpc) is 2.97. The summed E-state index contributed by atoms with van der Waals surface area (Å²) in [5.74, 6) is -4.30. The molecule has 0 amide bonds. The van der Waals surface area contributed by atoms with Crippen LogP contribution in [0.15, 0.2) is 11.8 Å². The molecule has 2 rings (SSSR count). The van der Waals surface area contributed by atoms with Crippen molar-refractivity contribution >= 4 is 40.2 Å². The molecule has 0 bridgehead atoms. The third kappa shape index (κ3) is 5.38. The molecule has 30 heavy (non-hydrogen) atoms. The summed E-state index contributed by atoms with van der Waals surface area (Å²) in [6.45, 7) is 8.51. The highest BCUT2D eigenvalue weighted by Gasteiger charge is 2.39. The Labute approximate surface area is 178 Å². The van der Waals surface area contributed by atoms with Gasteiger partial charge in [-0.05, 0) is 25.8 Å². The van der Waals surface area contributed by atoms with Gasteiger partial charge in [-0.3, -0.25) is 0 Å². The monoisotopic (exact) mass is 439 g/mol. The van der Waals surface area contributed by atoms with Gasteiger partial charge in [0.2, 0.25) is 0 Å². The standard InChI is InChI=1S/C20H25NO8S/c1-6-8-9-27-18(24)13-11(3)14(19(25)26-7-2)30-15(13)21-10-12-16(22)28-20(4,5)29-17(12)23/h10,21H,6-9H2,1-5H3. The van der Waals surface area contributed by atoms with Crippen LogP contribution in [-0.2, 0) is 28.5 Å². The summed E-state index contributed by atoms with van der Waals surface area (Å²) in [5.41, 5.74) is 0.146. The lowest BCUT2D eigenvalue weighted by Crippen LogP contribution is -2.42. The van der Waals surface area contributed by atoms with E-state index in [2.05, 4.69) is 5.32 Å². The minimum Gasteiger partial charge on any atom is -0.462 e. The van der Waals surface area contributed by atoms with E-state index in [1.54, 1.807) is 13.8 Å². The predicted octanol–water partition coefficient (Wildman–Crippen LogP) is 3.32. The Morgan fingerprint density at radius 1 is 1.10 bits per heavy atom. The maximum absolute atomic E-state index is 12.6. The molecule has 164 valence electrons. The Bertz CT molecular complexity index is 862. The molecule has 1 aliphatic heterocycles. The van der Waals surface area contributed by atoms with Gasteiger partial charge in [0.05, 0.1) is 18.8 Å². The summed E-state index contributed by atoms with van der Waals surface area (Å²) in [7, 11) is 0. The van der Waals surface area contributed by atoms with Crippen LogP contribution >= 0.6 is 11.3 Å². The lowest BCUT2D eigenvalue weighted by Gasteiger charge is -2.29. The lowest BCUT2D eigenvalue weighted by atomic mass is 10.1. The van der Waals surface area contributed by atoms with Gasteiger partial charge in [-0.2, -0.15) is 0 Å². The lowest BCUT2D eigenvalue weighted by molar-refractivity contribution is -0.222. The molecule has 1 N–H and O–H groups in total. The molecule has 0 aromatic carbocycles. The van der Waals surface area contributed by atoms with E-state index in [0.29, 0.717) is 12.0 Å². The molecule has 1 aromatic heterocycles. The van der Waals surface area contributed by atoms with E-state index in [4.69, 9.17) is 18.9 Å². The number of anilines is 1. The summed E-state index contributed by atoms with van der Waals surface area (Å²) in [6.07, 6.45) is 2.63. The van der Waals surface area contributed by atoms with Crippen molar-refractivity contribution in [2.24, 2.45) is 0 Å². The predicted molar refractivity (Wildman–Crippen MR) is 108 cm³/mol. The van der Waals surface area contributed by atoms with Crippen molar-refractivity contribution in [1.29, 1.82) is 0 Å². The van der Waals surface area contributed by atoms with Gasteiger partial charge < -0.3 is 24.3 Å². The number of carbonyl (C=O) groups excluding carboxylic acids is 4. The Balaban J connectivity index is 2.36. The van der Waals surface area contributed by atoms with E-state index in [1.165, 1.54) is 13.8 Å². The number of hydrogen-bond acceptors (Lipinski definition) is 10. The average molecular weight is 439 g/mol. The minimum absolute atomic E-state index is 0.133. The molecule has 0 radical (unpaired) electrons. The summed E-state index contributed by atoms with van der Waals surface area (Å²) < 4.78 is 20.4. The van der Waals surface area contributed by atoms with E-state index in [0.717, 1.165) is 24.0 Å². The van der Waals surface area contributed by atoms with Gasteiger partial charge in [0.1, 0.15) is 9.88 Å². The zero-order valence-corrected chi connectivity index (χ0v) is 18.4. The maximum atomic E-state index is 12.6. The van der Waals surface area contributed by atoms with E-state index >= 15 is 0 Å². The number of cyclic esters (lactones) is 2. The topological polar surface area (TPSA) is 117 Å². The van der Waals surface area contributed by atoms with Crippen LogP contribution in [0.1, 0.15) is 66.1 Å². The molecule has 1 saturated heterocycles. The van der Waals surface area contributed by atoms with E-state index in [9.17, 15) is 19.2 Å². The normalized spacial score (nSPS) is 15.2. The van der Waals surface area contributed by atoms with Gasteiger partial charge in [-0.15, -0.1) is 11.3 Å². The van der Waals surface area contributed by atoms with Gasteiger partial charge >= 0.3 is 23.9 Å². The van der Waals surface area contributed by atoms with Crippen LogP contribution in [0, 0.1) is 6.92 Å². The summed E-state index contributed by atoms with van der Waals surface area (Å²) in [5, 5.41) is 2.98. The fourth-order valence-electron chi connectivity index (χ4n) is 2.55. The number of ether oxygens (including phenoxy) is 4. The van der Waals surface area contributed by atoms with Crippen molar-refractivity contribution in [3.63, 3.8) is 0 Å². The second-order valence-corrected chi connectivity index (χ2v) is 7.87. The first-order valence-corrected chi connectivity index (χ1v) is 10.3. The molecule has 0 saturated carbocycles. The van der Waals surface area contributed by atoms with Crippen LogP contribution in [0.5, 0.6) is 0 Å². The number of hydrogen-bond donors (Lipinski definition) is 1. The number of unbranched alkanes of at least 4 members (excludes halogenated alkanes) is 1. The molecule has 9 nitrogen and oxygen atoms in total. The molecule has 0 atom stereocenters. The molecule has 1 fully saturated rings. The number of thiophene rings is 1. The van der Waals surface area contributed by atoms with Gasteiger partial charge in [0.25, 0.3) is 5.79 Å².